The van der Waals surface area contributed by atoms with Crippen molar-refractivity contribution in [2.75, 3.05) is 13.7 Å². The normalized spacial score (nSPS) is 12.9. The van der Waals surface area contributed by atoms with Crippen LogP contribution in [-0.4, -0.2) is 37.9 Å². The van der Waals surface area contributed by atoms with Gasteiger partial charge in [-0.3, -0.25) is 5.10 Å². The molecule has 0 fully saturated rings. The quantitative estimate of drug-likeness (QED) is 0.644. The maximum atomic E-state index is 12.1. The Bertz CT molecular complexity index is 466. The van der Waals surface area contributed by atoms with Crippen molar-refractivity contribution in [2.45, 2.75) is 31.0 Å². The van der Waals surface area contributed by atoms with Gasteiger partial charge in [0.2, 0.25) is 0 Å². The Hall–Kier alpha value is -0.960. The minimum Gasteiger partial charge on any atom is -0.383 e. The van der Waals surface area contributed by atoms with Crippen LogP contribution in [0.15, 0.2) is 11.2 Å². The first-order valence-corrected chi connectivity index (χ1v) is 6.56. The molecule has 0 aliphatic rings. The third kappa shape index (κ3) is 3.50. The van der Waals surface area contributed by atoms with Gasteiger partial charge in [0, 0.05) is 19.2 Å². The first-order chi connectivity index (χ1) is 7.82. The first-order valence-electron chi connectivity index (χ1n) is 5.07. The Kier molecular flexibility index (Phi) is 4.26. The summed E-state index contributed by atoms with van der Waals surface area (Å²) in [6.45, 7) is 3.83. The minimum absolute atomic E-state index is 0.00387. The van der Waals surface area contributed by atoms with E-state index in [9.17, 15) is 8.42 Å². The zero-order valence-corrected chi connectivity index (χ0v) is 11.0. The zero-order valence-electron chi connectivity index (χ0n) is 10.1. The predicted molar refractivity (Wildman–Crippen MR) is 62.8 cm³/mol. The summed E-state index contributed by atoms with van der Waals surface area (Å²) in [6.07, 6.45) is 1.40. The van der Waals surface area contributed by atoms with Crippen molar-refractivity contribution in [3.05, 3.63) is 11.8 Å². The van der Waals surface area contributed by atoms with Crippen molar-refractivity contribution in [1.29, 1.82) is 0 Å². The van der Waals surface area contributed by atoms with Crippen LogP contribution in [0.5, 0.6) is 0 Å². The molecule has 1 aromatic heterocycles. The number of sulfonamides is 1. The van der Waals surface area contributed by atoms with Crippen molar-refractivity contribution < 1.29 is 13.2 Å². The highest BCUT2D eigenvalue weighted by atomic mass is 32.2. The van der Waals surface area contributed by atoms with Gasteiger partial charge in [0.05, 0.1) is 18.3 Å². The predicted octanol–water partition coefficient (Wildman–Crippen LogP) is -0.428. The van der Waals surface area contributed by atoms with E-state index < -0.39 is 15.6 Å². The average molecular weight is 262 g/mol. The largest absolute Gasteiger partial charge is 0.383 e. The van der Waals surface area contributed by atoms with E-state index in [2.05, 4.69) is 14.9 Å². The van der Waals surface area contributed by atoms with Gasteiger partial charge in [-0.25, -0.2) is 13.1 Å². The molecule has 0 saturated heterocycles. The molecule has 0 bridgehead atoms. The highest BCUT2D eigenvalue weighted by Crippen LogP contribution is 2.14. The molecular formula is C9H18N4O3S. The van der Waals surface area contributed by atoms with E-state index in [4.69, 9.17) is 10.5 Å². The summed E-state index contributed by atoms with van der Waals surface area (Å²) in [4.78, 5) is 0. The molecule has 0 radical (unpaired) electrons. The number of nitrogens with two attached hydrogens (primary N) is 1. The summed E-state index contributed by atoms with van der Waals surface area (Å²) < 4.78 is 31.6. The van der Waals surface area contributed by atoms with Gasteiger partial charge in [-0.15, -0.1) is 0 Å². The molecule has 8 heteroatoms. The van der Waals surface area contributed by atoms with Crippen LogP contribution < -0.4 is 10.5 Å². The molecule has 1 rings (SSSR count). The number of aromatic nitrogens is 2. The SMILES string of the molecule is COCC(C)(C)NS(=O)(=O)c1[nH]ncc1CN. The second kappa shape index (κ2) is 5.13. The fourth-order valence-corrected chi connectivity index (χ4v) is 3.02. The third-order valence-electron chi connectivity index (χ3n) is 2.08. The molecule has 17 heavy (non-hydrogen) atoms. The Labute approximate surface area is 101 Å². The first kappa shape index (κ1) is 14.1. The molecule has 0 saturated carbocycles. The lowest BCUT2D eigenvalue weighted by atomic mass is 10.1. The van der Waals surface area contributed by atoms with Gasteiger partial charge in [-0.2, -0.15) is 5.10 Å². The average Bonchev–Trinajstić information content (AvgIpc) is 2.63. The smallest absolute Gasteiger partial charge is 0.258 e. The minimum atomic E-state index is -3.67. The molecule has 4 N–H and O–H groups in total. The summed E-state index contributed by atoms with van der Waals surface area (Å²) in [7, 11) is -2.16. The Balaban J connectivity index is 2.97. The van der Waals surface area contributed by atoms with Crippen LogP contribution in [0, 0.1) is 0 Å². The molecule has 0 unspecified atom stereocenters. The van der Waals surface area contributed by atoms with Crippen molar-refractivity contribution >= 4 is 10.0 Å². The number of rotatable bonds is 6. The van der Waals surface area contributed by atoms with Crippen molar-refractivity contribution in [3.8, 4) is 0 Å². The second-order valence-electron chi connectivity index (χ2n) is 4.35. The monoisotopic (exact) mass is 262 g/mol. The van der Waals surface area contributed by atoms with Crippen LogP contribution in [0.4, 0.5) is 0 Å². The molecule has 0 aliphatic carbocycles. The Morgan fingerprint density at radius 2 is 2.24 bits per heavy atom. The molecular weight excluding hydrogens is 244 g/mol. The van der Waals surface area contributed by atoms with Crippen LogP contribution in [0.2, 0.25) is 0 Å². The number of hydrogen-bond acceptors (Lipinski definition) is 5. The second-order valence-corrected chi connectivity index (χ2v) is 5.97. The number of methoxy groups -OCH3 is 1. The maximum Gasteiger partial charge on any atom is 0.258 e. The maximum absolute atomic E-state index is 12.1. The third-order valence-corrected chi connectivity index (χ3v) is 3.79. The van der Waals surface area contributed by atoms with Crippen molar-refractivity contribution in [3.63, 3.8) is 0 Å². The molecule has 1 heterocycles. The van der Waals surface area contributed by atoms with Gasteiger partial charge in [-0.1, -0.05) is 0 Å². The van der Waals surface area contributed by atoms with Gasteiger partial charge in [0.15, 0.2) is 5.03 Å². The summed E-state index contributed by atoms with van der Waals surface area (Å²) in [6, 6.07) is 0. The molecule has 0 aliphatic heterocycles. The zero-order chi connectivity index (χ0) is 13.1. The number of H-pyrrole nitrogens is 1. The van der Waals surface area contributed by atoms with Crippen LogP contribution in [0.1, 0.15) is 19.4 Å². The molecule has 98 valence electrons. The molecule has 1 aromatic rings. The van der Waals surface area contributed by atoms with Gasteiger partial charge < -0.3 is 10.5 Å². The fourth-order valence-electron chi connectivity index (χ4n) is 1.48. The molecule has 0 aromatic carbocycles. The Morgan fingerprint density at radius 3 is 2.76 bits per heavy atom. The lowest BCUT2D eigenvalue weighted by molar-refractivity contribution is 0.141. The van der Waals surface area contributed by atoms with Gasteiger partial charge in [0.25, 0.3) is 10.0 Å². The highest BCUT2D eigenvalue weighted by Gasteiger charge is 2.28. The van der Waals surface area contributed by atoms with Crippen molar-refractivity contribution in [1.82, 2.24) is 14.9 Å². The van der Waals surface area contributed by atoms with Gasteiger partial charge in [-0.05, 0) is 13.8 Å². The highest BCUT2D eigenvalue weighted by molar-refractivity contribution is 7.89. The van der Waals surface area contributed by atoms with E-state index in [0.29, 0.717) is 5.56 Å². The number of nitrogens with one attached hydrogen (secondary N) is 2. The lowest BCUT2D eigenvalue weighted by Crippen LogP contribution is -2.46. The van der Waals surface area contributed by atoms with Crippen LogP contribution >= 0.6 is 0 Å². The molecule has 0 atom stereocenters. The van der Waals surface area contributed by atoms with Crippen LogP contribution in [0.25, 0.3) is 0 Å². The number of aromatic amines is 1. The van der Waals surface area contributed by atoms with E-state index in [0.717, 1.165) is 0 Å². The number of nitrogens with zero attached hydrogens (tertiary/aromatic N) is 1. The Morgan fingerprint density at radius 1 is 1.59 bits per heavy atom. The van der Waals surface area contributed by atoms with E-state index in [1.807, 2.05) is 0 Å². The van der Waals surface area contributed by atoms with E-state index in [1.54, 1.807) is 13.8 Å². The fraction of sp³-hybridized carbons (Fsp3) is 0.667. The summed E-state index contributed by atoms with van der Waals surface area (Å²) in [5, 5.41) is 6.12. The standard InChI is InChI=1S/C9H18N4O3S/c1-9(2,6-16-3)13-17(14,15)8-7(4-10)5-11-12-8/h5,13H,4,6,10H2,1-3H3,(H,11,12). The van der Waals surface area contributed by atoms with Crippen molar-refractivity contribution in [2.24, 2.45) is 5.73 Å². The van der Waals surface area contributed by atoms with Gasteiger partial charge >= 0.3 is 0 Å². The van der Waals surface area contributed by atoms with E-state index >= 15 is 0 Å². The summed E-state index contributed by atoms with van der Waals surface area (Å²) in [5.74, 6) is 0. The molecule has 0 spiro atoms. The number of hydrogen-bond donors (Lipinski definition) is 3. The lowest BCUT2D eigenvalue weighted by Gasteiger charge is -2.24. The van der Waals surface area contributed by atoms with E-state index in [-0.39, 0.29) is 18.2 Å². The molecule has 0 amide bonds. The number of ether oxygens (including phenoxy) is 1. The van der Waals surface area contributed by atoms with E-state index in [1.165, 1.54) is 13.3 Å². The topological polar surface area (TPSA) is 110 Å². The van der Waals surface area contributed by atoms with Gasteiger partial charge in [0.1, 0.15) is 0 Å². The van der Waals surface area contributed by atoms with Crippen LogP contribution in [0.3, 0.4) is 0 Å². The van der Waals surface area contributed by atoms with Crippen LogP contribution in [-0.2, 0) is 21.3 Å². The summed E-state index contributed by atoms with van der Waals surface area (Å²) in [5.41, 5.74) is 5.18. The summed E-state index contributed by atoms with van der Waals surface area (Å²) >= 11 is 0. The molecule has 7 nitrogen and oxygen atoms in total.